The number of nitrogens with two attached hydrogens (primary N) is 1. The number of amides is 1. The first-order valence-electron chi connectivity index (χ1n) is 6.41. The zero-order valence-corrected chi connectivity index (χ0v) is 10.8. The molecular formula is C15H14FN3O. The highest BCUT2D eigenvalue weighted by Crippen LogP contribution is 2.25. The minimum Gasteiger partial charge on any atom is -0.398 e. The number of hydrogen-bond acceptors (Lipinski definition) is 3. The van der Waals surface area contributed by atoms with Crippen molar-refractivity contribution in [2.24, 2.45) is 0 Å². The highest BCUT2D eigenvalue weighted by Gasteiger charge is 2.23. The number of rotatable bonds is 1. The summed E-state index contributed by atoms with van der Waals surface area (Å²) in [6.45, 7) is 1.06. The normalized spacial score (nSPS) is 13.9. The van der Waals surface area contributed by atoms with Crippen LogP contribution in [0.25, 0.3) is 0 Å². The topological polar surface area (TPSA) is 59.2 Å². The Labute approximate surface area is 116 Å². The summed E-state index contributed by atoms with van der Waals surface area (Å²) < 4.78 is 13.1. The molecule has 0 aliphatic carbocycles. The Morgan fingerprint density at radius 1 is 1.35 bits per heavy atom. The molecule has 102 valence electrons. The highest BCUT2D eigenvalue weighted by molar-refractivity contribution is 5.94. The summed E-state index contributed by atoms with van der Waals surface area (Å²) in [7, 11) is 0. The molecule has 1 aliphatic rings. The zero-order valence-electron chi connectivity index (χ0n) is 10.8. The molecule has 5 heteroatoms. The van der Waals surface area contributed by atoms with Crippen LogP contribution < -0.4 is 5.73 Å². The molecule has 0 spiro atoms. The van der Waals surface area contributed by atoms with Gasteiger partial charge >= 0.3 is 0 Å². The van der Waals surface area contributed by atoms with Crippen molar-refractivity contribution in [2.75, 3.05) is 12.3 Å². The molecule has 0 fully saturated rings. The van der Waals surface area contributed by atoms with E-state index >= 15 is 0 Å². The van der Waals surface area contributed by atoms with E-state index in [0.717, 1.165) is 18.2 Å². The van der Waals surface area contributed by atoms with Gasteiger partial charge in [0.15, 0.2) is 0 Å². The molecule has 0 radical (unpaired) electrons. The molecule has 20 heavy (non-hydrogen) atoms. The second-order valence-electron chi connectivity index (χ2n) is 4.85. The lowest BCUT2D eigenvalue weighted by atomic mass is 9.98. The summed E-state index contributed by atoms with van der Waals surface area (Å²) >= 11 is 0. The van der Waals surface area contributed by atoms with Crippen molar-refractivity contribution in [1.82, 2.24) is 9.88 Å². The van der Waals surface area contributed by atoms with E-state index in [1.807, 2.05) is 18.2 Å². The van der Waals surface area contributed by atoms with E-state index in [2.05, 4.69) is 4.98 Å². The summed E-state index contributed by atoms with van der Waals surface area (Å²) in [6, 6.07) is 6.98. The molecule has 0 unspecified atom stereocenters. The first-order valence-corrected chi connectivity index (χ1v) is 6.41. The second-order valence-corrected chi connectivity index (χ2v) is 4.85. The van der Waals surface area contributed by atoms with Gasteiger partial charge in [0, 0.05) is 25.0 Å². The van der Waals surface area contributed by atoms with Gasteiger partial charge in [0.2, 0.25) is 0 Å². The minimum atomic E-state index is -0.507. The summed E-state index contributed by atoms with van der Waals surface area (Å²) in [6.07, 6.45) is 3.23. The quantitative estimate of drug-likeness (QED) is 0.807. The molecule has 1 aromatic carbocycles. The van der Waals surface area contributed by atoms with Crippen LogP contribution in [-0.2, 0) is 13.0 Å². The molecule has 1 aromatic heterocycles. The molecule has 0 saturated heterocycles. The van der Waals surface area contributed by atoms with Crippen molar-refractivity contribution in [3.05, 3.63) is 59.2 Å². The average molecular weight is 271 g/mol. The fourth-order valence-corrected chi connectivity index (χ4v) is 2.49. The number of carbonyl (C=O) groups excluding carboxylic acids is 1. The Morgan fingerprint density at radius 2 is 2.20 bits per heavy atom. The van der Waals surface area contributed by atoms with Crippen LogP contribution in [0.15, 0.2) is 36.7 Å². The maximum atomic E-state index is 13.1. The van der Waals surface area contributed by atoms with Gasteiger partial charge in [0.25, 0.3) is 5.91 Å². The lowest BCUT2D eigenvalue weighted by molar-refractivity contribution is 0.0734. The number of pyridine rings is 1. The first kappa shape index (κ1) is 12.6. The maximum absolute atomic E-state index is 13.1. The maximum Gasteiger partial charge on any atom is 0.255 e. The molecule has 2 heterocycles. The lowest BCUT2D eigenvalue weighted by Crippen LogP contribution is -2.36. The van der Waals surface area contributed by atoms with Gasteiger partial charge in [-0.25, -0.2) is 4.39 Å². The van der Waals surface area contributed by atoms with Crippen LogP contribution in [0.5, 0.6) is 0 Å². The summed E-state index contributed by atoms with van der Waals surface area (Å²) in [5.74, 6) is -0.723. The third-order valence-corrected chi connectivity index (χ3v) is 3.55. The predicted molar refractivity (Wildman–Crippen MR) is 73.5 cm³/mol. The first-order chi connectivity index (χ1) is 9.65. The number of anilines is 1. The second kappa shape index (κ2) is 4.92. The number of carbonyl (C=O) groups is 1. The molecule has 3 rings (SSSR count). The highest BCUT2D eigenvalue weighted by atomic mass is 19.1. The van der Waals surface area contributed by atoms with Crippen molar-refractivity contribution in [1.29, 1.82) is 0 Å². The average Bonchev–Trinajstić information content (AvgIpc) is 2.47. The predicted octanol–water partition coefficient (Wildman–Crippen LogP) is 2.00. The summed E-state index contributed by atoms with van der Waals surface area (Å²) in [5, 5.41) is 0. The Kier molecular flexibility index (Phi) is 3.10. The van der Waals surface area contributed by atoms with Crippen molar-refractivity contribution in [3.63, 3.8) is 0 Å². The number of fused-ring (bicyclic) bond motifs is 1. The third-order valence-electron chi connectivity index (χ3n) is 3.55. The zero-order chi connectivity index (χ0) is 14.1. The van der Waals surface area contributed by atoms with E-state index in [4.69, 9.17) is 5.73 Å². The van der Waals surface area contributed by atoms with Crippen LogP contribution >= 0.6 is 0 Å². The van der Waals surface area contributed by atoms with E-state index < -0.39 is 5.82 Å². The minimum absolute atomic E-state index is 0.217. The van der Waals surface area contributed by atoms with Gasteiger partial charge in [-0.3, -0.25) is 9.78 Å². The van der Waals surface area contributed by atoms with Gasteiger partial charge in [-0.2, -0.15) is 0 Å². The van der Waals surface area contributed by atoms with Gasteiger partial charge in [-0.15, -0.1) is 0 Å². The van der Waals surface area contributed by atoms with Crippen LogP contribution in [-0.4, -0.2) is 22.3 Å². The van der Waals surface area contributed by atoms with Crippen LogP contribution in [0.2, 0.25) is 0 Å². The van der Waals surface area contributed by atoms with Gasteiger partial charge < -0.3 is 10.6 Å². The fraction of sp³-hybridized carbons (Fsp3) is 0.200. The smallest absolute Gasteiger partial charge is 0.255 e. The number of hydrogen-bond donors (Lipinski definition) is 1. The monoisotopic (exact) mass is 271 g/mol. The number of aromatic nitrogens is 1. The van der Waals surface area contributed by atoms with E-state index in [-0.39, 0.29) is 11.5 Å². The van der Waals surface area contributed by atoms with Crippen LogP contribution in [0, 0.1) is 5.82 Å². The molecule has 0 bridgehead atoms. The Balaban J connectivity index is 1.87. The Morgan fingerprint density at radius 3 is 3.00 bits per heavy atom. The molecule has 4 nitrogen and oxygen atoms in total. The van der Waals surface area contributed by atoms with E-state index in [9.17, 15) is 9.18 Å². The van der Waals surface area contributed by atoms with Crippen molar-refractivity contribution in [2.45, 2.75) is 13.0 Å². The molecular weight excluding hydrogens is 257 g/mol. The molecule has 1 aliphatic heterocycles. The summed E-state index contributed by atoms with van der Waals surface area (Å²) in [4.78, 5) is 17.7. The molecule has 0 atom stereocenters. The van der Waals surface area contributed by atoms with Gasteiger partial charge in [0.05, 0.1) is 11.8 Å². The number of nitrogen functional groups attached to an aromatic ring is 1. The van der Waals surface area contributed by atoms with Crippen molar-refractivity contribution in [3.8, 4) is 0 Å². The standard InChI is InChI=1S/C15H14FN3O/c16-12-6-11(7-18-8-12)15(20)19-5-4-10-2-1-3-14(17)13(10)9-19/h1-3,6-8H,4-5,9,17H2. The Bertz CT molecular complexity index is 672. The molecule has 0 saturated carbocycles. The van der Waals surface area contributed by atoms with Crippen LogP contribution in [0.1, 0.15) is 21.5 Å². The number of benzene rings is 1. The summed E-state index contributed by atoms with van der Waals surface area (Å²) in [5.41, 5.74) is 9.07. The van der Waals surface area contributed by atoms with Crippen molar-refractivity contribution < 1.29 is 9.18 Å². The number of nitrogens with zero attached hydrogens (tertiary/aromatic N) is 2. The molecule has 1 amide bonds. The molecule has 2 N–H and O–H groups in total. The van der Waals surface area contributed by atoms with Crippen molar-refractivity contribution >= 4 is 11.6 Å². The van der Waals surface area contributed by atoms with Crippen LogP contribution in [0.3, 0.4) is 0 Å². The third kappa shape index (κ3) is 2.22. The van der Waals surface area contributed by atoms with E-state index in [1.54, 1.807) is 4.90 Å². The van der Waals surface area contributed by atoms with Crippen LogP contribution in [0.4, 0.5) is 10.1 Å². The molecule has 2 aromatic rings. The van der Waals surface area contributed by atoms with Gasteiger partial charge in [-0.1, -0.05) is 12.1 Å². The van der Waals surface area contributed by atoms with E-state index in [0.29, 0.717) is 18.8 Å². The number of halogens is 1. The van der Waals surface area contributed by atoms with Gasteiger partial charge in [-0.05, 0) is 29.7 Å². The lowest BCUT2D eigenvalue weighted by Gasteiger charge is -2.29. The van der Waals surface area contributed by atoms with E-state index in [1.165, 1.54) is 17.8 Å². The van der Waals surface area contributed by atoms with Gasteiger partial charge in [0.1, 0.15) is 5.82 Å². The largest absolute Gasteiger partial charge is 0.398 e. The Hall–Kier alpha value is -2.43. The fourth-order valence-electron chi connectivity index (χ4n) is 2.49. The SMILES string of the molecule is Nc1cccc2c1CN(C(=O)c1cncc(F)c1)CC2.